The lowest BCUT2D eigenvalue weighted by Gasteiger charge is -2.22. The second-order valence-corrected chi connectivity index (χ2v) is 6.12. The van der Waals surface area contributed by atoms with Gasteiger partial charge in [0.05, 0.1) is 6.04 Å². The summed E-state index contributed by atoms with van der Waals surface area (Å²) in [6, 6.07) is 4.73. The van der Waals surface area contributed by atoms with E-state index in [0.717, 1.165) is 5.69 Å². The van der Waals surface area contributed by atoms with Gasteiger partial charge in [-0.15, -0.1) is 0 Å². The Hall–Kier alpha value is -2.97. The number of carbonyl (C=O) groups excluding carboxylic acids is 3. The molecule has 26 heavy (non-hydrogen) atoms. The van der Waals surface area contributed by atoms with Crippen LogP contribution in [0.2, 0.25) is 0 Å². The van der Waals surface area contributed by atoms with Crippen LogP contribution in [0.3, 0.4) is 0 Å². The van der Waals surface area contributed by atoms with Crippen molar-refractivity contribution in [3.8, 4) is 11.5 Å². The van der Waals surface area contributed by atoms with Gasteiger partial charge in [0.15, 0.2) is 11.5 Å². The molecule has 9 heteroatoms. The highest BCUT2D eigenvalue weighted by Crippen LogP contribution is 2.35. The first-order valence-corrected chi connectivity index (χ1v) is 8.52. The lowest BCUT2D eigenvalue weighted by molar-refractivity contribution is -0.119. The number of hydrogen-bond donors (Lipinski definition) is 3. The van der Waals surface area contributed by atoms with Crippen LogP contribution >= 0.6 is 0 Å². The van der Waals surface area contributed by atoms with Gasteiger partial charge >= 0.3 is 6.03 Å². The molecule has 2 aliphatic rings. The third-order valence-electron chi connectivity index (χ3n) is 4.08. The molecule has 0 saturated carbocycles. The molecule has 0 bridgehead atoms. The largest absolute Gasteiger partial charge is 0.486 e. The molecule has 1 aromatic rings. The van der Waals surface area contributed by atoms with Crippen LogP contribution in [0.25, 0.3) is 0 Å². The Morgan fingerprint density at radius 1 is 1.15 bits per heavy atom. The van der Waals surface area contributed by atoms with Gasteiger partial charge in [-0.1, -0.05) is 0 Å². The second-order valence-electron chi connectivity index (χ2n) is 6.12. The van der Waals surface area contributed by atoms with Gasteiger partial charge in [-0.2, -0.15) is 0 Å². The molecule has 140 valence electrons. The van der Waals surface area contributed by atoms with E-state index in [2.05, 4.69) is 16.0 Å². The highest BCUT2D eigenvalue weighted by Gasteiger charge is 2.32. The summed E-state index contributed by atoms with van der Waals surface area (Å²) in [5, 5.41) is 8.01. The van der Waals surface area contributed by atoms with E-state index in [1.54, 1.807) is 23.1 Å². The number of rotatable bonds is 5. The fraction of sp³-hybridized carbons (Fsp3) is 0.471. The van der Waals surface area contributed by atoms with Gasteiger partial charge < -0.3 is 30.3 Å². The molecule has 0 radical (unpaired) electrons. The number of carbonyl (C=O) groups is 3. The number of hydrogen-bond acceptors (Lipinski definition) is 5. The Bertz CT molecular complexity index is 708. The lowest BCUT2D eigenvalue weighted by Crippen LogP contribution is -2.45. The second kappa shape index (κ2) is 7.94. The normalized spacial score (nSPS) is 18.4. The first-order valence-electron chi connectivity index (χ1n) is 8.52. The molecule has 0 aliphatic carbocycles. The Labute approximate surface area is 151 Å². The van der Waals surface area contributed by atoms with Crippen LogP contribution < -0.4 is 30.3 Å². The Morgan fingerprint density at radius 2 is 1.88 bits per heavy atom. The molecule has 2 heterocycles. The van der Waals surface area contributed by atoms with Crippen molar-refractivity contribution in [2.45, 2.75) is 19.4 Å². The van der Waals surface area contributed by atoms with Crippen molar-refractivity contribution >= 4 is 23.5 Å². The van der Waals surface area contributed by atoms with Crippen LogP contribution in [0.4, 0.5) is 10.5 Å². The van der Waals surface area contributed by atoms with E-state index in [1.165, 1.54) is 6.92 Å². The maximum absolute atomic E-state index is 12.3. The molecule has 3 rings (SSSR count). The molecule has 0 spiro atoms. The highest BCUT2D eigenvalue weighted by molar-refractivity contribution is 5.97. The van der Waals surface area contributed by atoms with Gasteiger partial charge in [0, 0.05) is 44.7 Å². The molecule has 1 saturated heterocycles. The molecule has 1 atom stereocenters. The number of benzene rings is 1. The topological polar surface area (TPSA) is 109 Å². The number of anilines is 1. The third-order valence-corrected chi connectivity index (χ3v) is 4.08. The number of urea groups is 1. The molecule has 9 nitrogen and oxygen atoms in total. The van der Waals surface area contributed by atoms with E-state index in [-0.39, 0.29) is 30.3 Å². The van der Waals surface area contributed by atoms with Gasteiger partial charge in [0.25, 0.3) is 0 Å². The maximum Gasteiger partial charge on any atom is 0.315 e. The summed E-state index contributed by atoms with van der Waals surface area (Å²) in [5.41, 5.74) is 0.717. The van der Waals surface area contributed by atoms with Gasteiger partial charge in [0.1, 0.15) is 13.2 Å². The highest BCUT2D eigenvalue weighted by atomic mass is 16.6. The zero-order valence-electron chi connectivity index (χ0n) is 14.5. The summed E-state index contributed by atoms with van der Waals surface area (Å²) >= 11 is 0. The average Bonchev–Trinajstić information content (AvgIpc) is 2.98. The van der Waals surface area contributed by atoms with Crippen molar-refractivity contribution in [3.63, 3.8) is 0 Å². The fourth-order valence-corrected chi connectivity index (χ4v) is 2.90. The van der Waals surface area contributed by atoms with E-state index < -0.39 is 0 Å². The summed E-state index contributed by atoms with van der Waals surface area (Å²) in [5.74, 6) is 1.07. The standard InChI is InChI=1S/C17H22N4O5/c1-11(22)18-4-5-19-17(24)20-12-8-16(23)21(10-12)13-2-3-14-15(9-13)26-7-6-25-14/h2-3,9,12H,4-8,10H2,1H3,(H,18,22)(H2,19,20,24). The minimum absolute atomic E-state index is 0.0646. The molecular weight excluding hydrogens is 340 g/mol. The molecule has 1 aromatic carbocycles. The SMILES string of the molecule is CC(=O)NCCNC(=O)NC1CC(=O)N(c2ccc3c(c2)OCCO3)C1. The van der Waals surface area contributed by atoms with E-state index in [0.29, 0.717) is 44.3 Å². The quantitative estimate of drug-likeness (QED) is 0.639. The molecule has 0 aromatic heterocycles. The molecular formula is C17H22N4O5. The number of ether oxygens (including phenoxy) is 2. The summed E-state index contributed by atoms with van der Waals surface area (Å²) in [6.07, 6.45) is 0.230. The van der Waals surface area contributed by atoms with E-state index in [1.807, 2.05) is 0 Å². The molecule has 2 aliphatic heterocycles. The first kappa shape index (κ1) is 17.8. The van der Waals surface area contributed by atoms with Gasteiger partial charge in [-0.3, -0.25) is 9.59 Å². The predicted octanol–water partition coefficient (Wildman–Crippen LogP) is -0.00160. The van der Waals surface area contributed by atoms with Crippen molar-refractivity contribution in [1.29, 1.82) is 0 Å². The first-order chi connectivity index (χ1) is 12.5. The maximum atomic E-state index is 12.3. The zero-order chi connectivity index (χ0) is 18.5. The van der Waals surface area contributed by atoms with Crippen LogP contribution in [0.15, 0.2) is 18.2 Å². The minimum Gasteiger partial charge on any atom is -0.486 e. The van der Waals surface area contributed by atoms with E-state index in [4.69, 9.17) is 9.47 Å². The van der Waals surface area contributed by atoms with Crippen molar-refractivity contribution in [2.24, 2.45) is 0 Å². The van der Waals surface area contributed by atoms with Gasteiger partial charge in [0.2, 0.25) is 11.8 Å². The van der Waals surface area contributed by atoms with Crippen LogP contribution in [-0.2, 0) is 9.59 Å². The van der Waals surface area contributed by atoms with Crippen LogP contribution in [-0.4, -0.2) is 56.7 Å². The number of nitrogens with zero attached hydrogens (tertiary/aromatic N) is 1. The summed E-state index contributed by atoms with van der Waals surface area (Å²) < 4.78 is 11.0. The van der Waals surface area contributed by atoms with Crippen LogP contribution in [0.1, 0.15) is 13.3 Å². The molecule has 1 fully saturated rings. The molecule has 4 amide bonds. The monoisotopic (exact) mass is 362 g/mol. The smallest absolute Gasteiger partial charge is 0.315 e. The minimum atomic E-state index is -0.364. The number of fused-ring (bicyclic) bond motifs is 1. The lowest BCUT2D eigenvalue weighted by atomic mass is 10.2. The van der Waals surface area contributed by atoms with Gasteiger partial charge in [-0.25, -0.2) is 4.79 Å². The molecule has 3 N–H and O–H groups in total. The number of amides is 4. The number of nitrogens with one attached hydrogen (secondary N) is 3. The van der Waals surface area contributed by atoms with E-state index >= 15 is 0 Å². The summed E-state index contributed by atoms with van der Waals surface area (Å²) in [4.78, 5) is 36.6. The van der Waals surface area contributed by atoms with Crippen LogP contribution in [0.5, 0.6) is 11.5 Å². The summed E-state index contributed by atoms with van der Waals surface area (Å²) in [7, 11) is 0. The fourth-order valence-electron chi connectivity index (χ4n) is 2.90. The Morgan fingerprint density at radius 3 is 2.65 bits per heavy atom. The molecule has 1 unspecified atom stereocenters. The van der Waals surface area contributed by atoms with Crippen LogP contribution in [0, 0.1) is 0 Å². The van der Waals surface area contributed by atoms with Crippen molar-refractivity contribution in [2.75, 3.05) is 37.7 Å². The summed E-state index contributed by atoms with van der Waals surface area (Å²) in [6.45, 7) is 3.47. The zero-order valence-corrected chi connectivity index (χ0v) is 14.5. The Kier molecular flexibility index (Phi) is 5.45. The van der Waals surface area contributed by atoms with Crippen molar-refractivity contribution in [3.05, 3.63) is 18.2 Å². The Balaban J connectivity index is 1.52. The predicted molar refractivity (Wildman–Crippen MR) is 93.4 cm³/mol. The van der Waals surface area contributed by atoms with Crippen molar-refractivity contribution in [1.82, 2.24) is 16.0 Å². The van der Waals surface area contributed by atoms with E-state index in [9.17, 15) is 14.4 Å². The third kappa shape index (κ3) is 4.35. The van der Waals surface area contributed by atoms with Crippen molar-refractivity contribution < 1.29 is 23.9 Å². The average molecular weight is 362 g/mol. The van der Waals surface area contributed by atoms with Gasteiger partial charge in [-0.05, 0) is 12.1 Å².